The molecular weight excluding hydrogens is 230 g/mol. The summed E-state index contributed by atoms with van der Waals surface area (Å²) in [5.74, 6) is -0.587. The van der Waals surface area contributed by atoms with Gasteiger partial charge in [-0.15, -0.1) is 0 Å². The third-order valence-electron chi connectivity index (χ3n) is 3.27. The van der Waals surface area contributed by atoms with Crippen LogP contribution < -0.4 is 0 Å². The largest absolute Gasteiger partial charge is 0.507 e. The number of rotatable bonds is 1. The van der Waals surface area contributed by atoms with Crippen molar-refractivity contribution in [2.75, 3.05) is 6.54 Å². The molecular formula is C14H11NO3. The number of aromatic hydroxyl groups is 1. The summed E-state index contributed by atoms with van der Waals surface area (Å²) >= 11 is 0. The summed E-state index contributed by atoms with van der Waals surface area (Å²) in [6.07, 6.45) is 0. The van der Waals surface area contributed by atoms with Gasteiger partial charge in [-0.1, -0.05) is 24.3 Å². The van der Waals surface area contributed by atoms with Gasteiger partial charge in [0, 0.05) is 11.9 Å². The minimum absolute atomic E-state index is 0.0310. The van der Waals surface area contributed by atoms with E-state index >= 15 is 0 Å². The topological polar surface area (TPSA) is 57.6 Å². The maximum atomic E-state index is 12.2. The fourth-order valence-electron chi connectivity index (χ4n) is 2.42. The number of hydrogen-bond donors (Lipinski definition) is 1. The van der Waals surface area contributed by atoms with Crippen LogP contribution in [-0.4, -0.2) is 28.4 Å². The van der Waals surface area contributed by atoms with Crippen molar-refractivity contribution >= 4 is 22.6 Å². The number of nitrogens with zero attached hydrogens (tertiary/aromatic N) is 1. The van der Waals surface area contributed by atoms with E-state index in [0.29, 0.717) is 22.9 Å². The number of carbonyl (C=O) groups is 2. The molecule has 1 N–H and O–H groups in total. The predicted molar refractivity (Wildman–Crippen MR) is 66.7 cm³/mol. The lowest BCUT2D eigenvalue weighted by molar-refractivity contribution is 0.0663. The molecule has 3 rings (SSSR count). The van der Waals surface area contributed by atoms with Gasteiger partial charge in [0.1, 0.15) is 5.75 Å². The molecule has 0 saturated heterocycles. The molecule has 4 nitrogen and oxygen atoms in total. The highest BCUT2D eigenvalue weighted by atomic mass is 16.3. The number of fused-ring (bicyclic) bond motifs is 3. The Bertz CT molecular complexity index is 691. The third kappa shape index (κ3) is 1.20. The smallest absolute Gasteiger partial charge is 0.262 e. The van der Waals surface area contributed by atoms with E-state index in [0.717, 1.165) is 0 Å². The molecule has 2 aromatic rings. The average Bonchev–Trinajstić information content (AvgIpc) is 2.62. The first-order chi connectivity index (χ1) is 8.65. The second-order valence-electron chi connectivity index (χ2n) is 4.22. The summed E-state index contributed by atoms with van der Waals surface area (Å²) < 4.78 is 0. The van der Waals surface area contributed by atoms with E-state index in [-0.39, 0.29) is 23.1 Å². The molecule has 0 spiro atoms. The van der Waals surface area contributed by atoms with E-state index in [9.17, 15) is 14.7 Å². The highest BCUT2D eigenvalue weighted by Gasteiger charge is 2.36. The Morgan fingerprint density at radius 2 is 1.78 bits per heavy atom. The van der Waals surface area contributed by atoms with Crippen LogP contribution in [0.1, 0.15) is 27.6 Å². The molecule has 0 radical (unpaired) electrons. The van der Waals surface area contributed by atoms with Crippen LogP contribution in [0, 0.1) is 0 Å². The summed E-state index contributed by atoms with van der Waals surface area (Å²) in [4.78, 5) is 25.4. The molecule has 2 amide bonds. The van der Waals surface area contributed by atoms with E-state index in [1.165, 1.54) is 11.0 Å². The molecule has 1 aliphatic heterocycles. The number of imide groups is 1. The minimum atomic E-state index is -0.335. The van der Waals surface area contributed by atoms with Crippen molar-refractivity contribution in [2.45, 2.75) is 6.92 Å². The Morgan fingerprint density at radius 1 is 1.11 bits per heavy atom. The van der Waals surface area contributed by atoms with Crippen molar-refractivity contribution in [3.05, 3.63) is 41.5 Å². The number of amides is 2. The van der Waals surface area contributed by atoms with Crippen LogP contribution in [0.4, 0.5) is 0 Å². The molecule has 90 valence electrons. The van der Waals surface area contributed by atoms with Crippen LogP contribution in [0.15, 0.2) is 30.3 Å². The van der Waals surface area contributed by atoms with Crippen molar-refractivity contribution in [3.63, 3.8) is 0 Å². The molecule has 0 fully saturated rings. The van der Waals surface area contributed by atoms with Gasteiger partial charge < -0.3 is 5.11 Å². The molecule has 4 heteroatoms. The Hall–Kier alpha value is -2.36. The van der Waals surface area contributed by atoms with Crippen LogP contribution in [0.2, 0.25) is 0 Å². The zero-order chi connectivity index (χ0) is 12.9. The Balaban J connectivity index is 2.42. The summed E-state index contributed by atoms with van der Waals surface area (Å²) in [7, 11) is 0. The van der Waals surface area contributed by atoms with E-state index in [1.54, 1.807) is 31.2 Å². The highest BCUT2D eigenvalue weighted by Crippen LogP contribution is 2.35. The van der Waals surface area contributed by atoms with Crippen LogP contribution in [0.3, 0.4) is 0 Å². The van der Waals surface area contributed by atoms with Gasteiger partial charge in [0.25, 0.3) is 11.8 Å². The van der Waals surface area contributed by atoms with Crippen LogP contribution in [0.25, 0.3) is 10.8 Å². The molecule has 0 saturated carbocycles. The van der Waals surface area contributed by atoms with Crippen molar-refractivity contribution in [3.8, 4) is 5.75 Å². The lowest BCUT2D eigenvalue weighted by atomic mass is 9.99. The molecule has 0 atom stereocenters. The van der Waals surface area contributed by atoms with Crippen LogP contribution in [0.5, 0.6) is 5.75 Å². The van der Waals surface area contributed by atoms with Gasteiger partial charge >= 0.3 is 0 Å². The quantitative estimate of drug-likeness (QED) is 0.778. The lowest BCUT2D eigenvalue weighted by Gasteiger charge is -2.09. The number of phenolic OH excluding ortho intramolecular Hbond substituents is 1. The highest BCUT2D eigenvalue weighted by molar-refractivity contribution is 6.27. The molecule has 0 aromatic heterocycles. The lowest BCUT2D eigenvalue weighted by Crippen LogP contribution is -2.29. The van der Waals surface area contributed by atoms with Gasteiger partial charge in [0.15, 0.2) is 0 Å². The first-order valence-corrected chi connectivity index (χ1v) is 5.76. The molecule has 0 unspecified atom stereocenters. The maximum absolute atomic E-state index is 12.2. The third-order valence-corrected chi connectivity index (χ3v) is 3.27. The van der Waals surface area contributed by atoms with Crippen molar-refractivity contribution in [1.29, 1.82) is 0 Å². The normalized spacial score (nSPS) is 14.4. The average molecular weight is 241 g/mol. The van der Waals surface area contributed by atoms with Gasteiger partial charge in [0.05, 0.1) is 11.1 Å². The molecule has 2 aromatic carbocycles. The second kappa shape index (κ2) is 3.57. The van der Waals surface area contributed by atoms with Gasteiger partial charge in [-0.25, -0.2) is 0 Å². The van der Waals surface area contributed by atoms with E-state index in [2.05, 4.69) is 0 Å². The first kappa shape index (κ1) is 10.8. The van der Waals surface area contributed by atoms with Crippen molar-refractivity contribution in [1.82, 2.24) is 4.90 Å². The monoisotopic (exact) mass is 241 g/mol. The second-order valence-corrected chi connectivity index (χ2v) is 4.22. The van der Waals surface area contributed by atoms with Gasteiger partial charge in [-0.2, -0.15) is 0 Å². The summed E-state index contributed by atoms with van der Waals surface area (Å²) in [5.41, 5.74) is 0.688. The van der Waals surface area contributed by atoms with E-state index < -0.39 is 0 Å². The first-order valence-electron chi connectivity index (χ1n) is 5.76. The number of phenols is 1. The standard InChI is InChI=1S/C14H11NO3/c1-2-15-13(17)10-7-11(16)8-5-3-4-6-9(8)12(10)14(15)18/h3-7,16H,2H2,1H3. The number of carbonyl (C=O) groups excluding carboxylic acids is 2. The predicted octanol–water partition coefficient (Wildman–Crippen LogP) is 2.16. The zero-order valence-electron chi connectivity index (χ0n) is 9.80. The van der Waals surface area contributed by atoms with Gasteiger partial charge in [0.2, 0.25) is 0 Å². The van der Waals surface area contributed by atoms with Crippen molar-refractivity contribution in [2.24, 2.45) is 0 Å². The number of benzene rings is 2. The molecule has 1 aliphatic rings. The zero-order valence-corrected chi connectivity index (χ0v) is 9.80. The number of hydrogen-bond acceptors (Lipinski definition) is 3. The molecule has 1 heterocycles. The fourth-order valence-corrected chi connectivity index (χ4v) is 2.42. The van der Waals surface area contributed by atoms with Gasteiger partial charge in [-0.05, 0) is 18.4 Å². The maximum Gasteiger partial charge on any atom is 0.262 e. The SMILES string of the molecule is CCN1C(=O)c2cc(O)c3ccccc3c2C1=O. The van der Waals surface area contributed by atoms with Gasteiger partial charge in [-0.3, -0.25) is 14.5 Å². The molecule has 18 heavy (non-hydrogen) atoms. The van der Waals surface area contributed by atoms with Crippen molar-refractivity contribution < 1.29 is 14.7 Å². The van der Waals surface area contributed by atoms with Crippen LogP contribution >= 0.6 is 0 Å². The Labute approximate surface area is 103 Å². The summed E-state index contributed by atoms with van der Waals surface area (Å²) in [6.45, 7) is 2.09. The summed E-state index contributed by atoms with van der Waals surface area (Å²) in [6, 6.07) is 8.44. The van der Waals surface area contributed by atoms with E-state index in [1.807, 2.05) is 0 Å². The summed E-state index contributed by atoms with van der Waals surface area (Å²) in [5, 5.41) is 11.1. The van der Waals surface area contributed by atoms with Crippen LogP contribution in [-0.2, 0) is 0 Å². The Morgan fingerprint density at radius 3 is 2.44 bits per heavy atom. The fraction of sp³-hybridized carbons (Fsp3) is 0.143. The Kier molecular flexibility index (Phi) is 2.13. The molecule has 0 aliphatic carbocycles. The minimum Gasteiger partial charge on any atom is -0.507 e. The molecule has 0 bridgehead atoms. The van der Waals surface area contributed by atoms with E-state index in [4.69, 9.17) is 0 Å².